The van der Waals surface area contributed by atoms with Crippen LogP contribution >= 0.6 is 23.6 Å². The number of esters is 1. The van der Waals surface area contributed by atoms with E-state index in [9.17, 15) is 14.9 Å². The van der Waals surface area contributed by atoms with Crippen LogP contribution in [0.4, 0.5) is 16.4 Å². The number of carbonyl (C=O) groups is 1. The molecule has 0 bridgehead atoms. The minimum absolute atomic E-state index is 0.000936. The largest absolute Gasteiger partial charge is 0.465 e. The number of thiocarbonyl (C=S) groups is 1. The number of hydrogen-bond acceptors (Lipinski definition) is 6. The second kappa shape index (κ2) is 8.72. The number of benzene rings is 1. The van der Waals surface area contributed by atoms with Crippen molar-refractivity contribution in [1.82, 2.24) is 0 Å². The molecule has 0 amide bonds. The molecule has 0 aliphatic carbocycles. The topological polar surface area (TPSA) is 93.5 Å². The van der Waals surface area contributed by atoms with Gasteiger partial charge in [-0.1, -0.05) is 13.8 Å². The monoisotopic (exact) mass is 393 g/mol. The second-order valence-corrected chi connectivity index (χ2v) is 7.23. The Morgan fingerprint density at radius 3 is 2.50 bits per heavy atom. The van der Waals surface area contributed by atoms with Gasteiger partial charge in [-0.2, -0.15) is 0 Å². The molecule has 0 saturated heterocycles. The van der Waals surface area contributed by atoms with Gasteiger partial charge in [-0.25, -0.2) is 4.79 Å². The lowest BCUT2D eigenvalue weighted by atomic mass is 10.0. The number of nitro groups is 1. The van der Waals surface area contributed by atoms with Crippen molar-refractivity contribution in [2.75, 3.05) is 17.7 Å². The molecule has 138 valence electrons. The minimum atomic E-state index is -0.467. The van der Waals surface area contributed by atoms with Crippen molar-refractivity contribution < 1.29 is 14.5 Å². The summed E-state index contributed by atoms with van der Waals surface area (Å²) in [7, 11) is 1.34. The predicted octanol–water partition coefficient (Wildman–Crippen LogP) is 4.45. The molecule has 2 N–H and O–H groups in total. The summed E-state index contributed by atoms with van der Waals surface area (Å²) in [5.41, 5.74) is 2.00. The summed E-state index contributed by atoms with van der Waals surface area (Å²) in [5, 5.41) is 19.4. The molecule has 0 unspecified atom stereocenters. The van der Waals surface area contributed by atoms with Gasteiger partial charge in [0, 0.05) is 17.8 Å². The first-order valence-corrected chi connectivity index (χ1v) is 9.11. The zero-order valence-electron chi connectivity index (χ0n) is 14.6. The van der Waals surface area contributed by atoms with Crippen molar-refractivity contribution in [2.45, 2.75) is 20.3 Å². The number of ether oxygens (including phenoxy) is 1. The molecule has 0 fully saturated rings. The van der Waals surface area contributed by atoms with Gasteiger partial charge in [0.15, 0.2) is 5.11 Å². The van der Waals surface area contributed by atoms with Crippen molar-refractivity contribution in [3.63, 3.8) is 0 Å². The third-order valence-corrected chi connectivity index (χ3v) is 4.60. The highest BCUT2D eigenvalue weighted by molar-refractivity contribution is 7.80. The maximum atomic E-state index is 12.2. The lowest BCUT2D eigenvalue weighted by Gasteiger charge is -2.11. The average molecular weight is 393 g/mol. The minimum Gasteiger partial charge on any atom is -0.465 e. The molecule has 0 atom stereocenters. The molecule has 0 spiro atoms. The number of hydrogen-bond donors (Lipinski definition) is 2. The highest BCUT2D eigenvalue weighted by Crippen LogP contribution is 2.31. The Morgan fingerprint density at radius 2 is 1.96 bits per heavy atom. The molecule has 0 aliphatic heterocycles. The molecule has 2 aromatic rings. The van der Waals surface area contributed by atoms with E-state index < -0.39 is 10.9 Å². The first-order valence-electron chi connectivity index (χ1n) is 7.83. The van der Waals surface area contributed by atoms with Crippen LogP contribution in [0.1, 0.15) is 29.8 Å². The van der Waals surface area contributed by atoms with Crippen molar-refractivity contribution >= 4 is 51.0 Å². The molecule has 0 saturated carbocycles. The lowest BCUT2D eigenvalue weighted by Crippen LogP contribution is -2.20. The highest BCUT2D eigenvalue weighted by Gasteiger charge is 2.21. The van der Waals surface area contributed by atoms with Crippen molar-refractivity contribution in [2.24, 2.45) is 5.92 Å². The van der Waals surface area contributed by atoms with Crippen molar-refractivity contribution in [3.05, 3.63) is 50.9 Å². The molecule has 2 rings (SSSR count). The SMILES string of the molecule is COC(=O)c1c(CC(C)C)csc1NC(=S)Nc1ccc([N+](=O)[O-])cc1. The van der Waals surface area contributed by atoms with E-state index in [2.05, 4.69) is 24.5 Å². The van der Waals surface area contributed by atoms with Crippen LogP contribution in [0, 0.1) is 16.0 Å². The fourth-order valence-corrected chi connectivity index (χ4v) is 3.59. The van der Waals surface area contributed by atoms with Crippen molar-refractivity contribution in [3.8, 4) is 0 Å². The summed E-state index contributed by atoms with van der Waals surface area (Å²) < 4.78 is 4.89. The fourth-order valence-electron chi connectivity index (χ4n) is 2.33. The third kappa shape index (κ3) is 4.99. The molecule has 7 nitrogen and oxygen atoms in total. The number of carbonyl (C=O) groups excluding carboxylic acids is 1. The van der Waals surface area contributed by atoms with E-state index >= 15 is 0 Å². The number of nitrogens with one attached hydrogen (secondary N) is 2. The molecule has 0 aliphatic rings. The van der Waals surface area contributed by atoms with Crippen LogP contribution < -0.4 is 10.6 Å². The smallest absolute Gasteiger partial charge is 0.341 e. The third-order valence-electron chi connectivity index (χ3n) is 3.45. The number of non-ortho nitro benzene ring substituents is 1. The van der Waals surface area contributed by atoms with E-state index in [0.717, 1.165) is 12.0 Å². The van der Waals surface area contributed by atoms with Crippen LogP contribution in [-0.4, -0.2) is 23.1 Å². The van der Waals surface area contributed by atoms with Gasteiger partial charge in [0.25, 0.3) is 5.69 Å². The number of methoxy groups -OCH3 is 1. The highest BCUT2D eigenvalue weighted by atomic mass is 32.1. The van der Waals surface area contributed by atoms with Gasteiger partial charge in [-0.05, 0) is 47.6 Å². The average Bonchev–Trinajstić information content (AvgIpc) is 2.96. The van der Waals surface area contributed by atoms with Crippen LogP contribution in [0.5, 0.6) is 0 Å². The van der Waals surface area contributed by atoms with Gasteiger partial charge in [-0.3, -0.25) is 10.1 Å². The number of thiophene rings is 1. The Hall–Kier alpha value is -2.52. The lowest BCUT2D eigenvalue weighted by molar-refractivity contribution is -0.384. The predicted molar refractivity (Wildman–Crippen MR) is 107 cm³/mol. The normalized spacial score (nSPS) is 10.5. The van der Waals surface area contributed by atoms with Crippen LogP contribution in [-0.2, 0) is 11.2 Å². The summed E-state index contributed by atoms with van der Waals surface area (Å²) in [6.45, 7) is 4.15. The van der Waals surface area contributed by atoms with Crippen LogP contribution in [0.3, 0.4) is 0 Å². The molecular formula is C17H19N3O4S2. The molecule has 26 heavy (non-hydrogen) atoms. The Bertz CT molecular complexity index is 816. The molecule has 9 heteroatoms. The van der Waals surface area contributed by atoms with Crippen LogP contribution in [0.25, 0.3) is 0 Å². The van der Waals surface area contributed by atoms with E-state index in [-0.39, 0.29) is 10.8 Å². The Kier molecular flexibility index (Phi) is 6.64. The zero-order chi connectivity index (χ0) is 19.3. The molecule has 1 aromatic carbocycles. The maximum absolute atomic E-state index is 12.2. The van der Waals surface area contributed by atoms with Crippen LogP contribution in [0.2, 0.25) is 0 Å². The number of nitrogens with zero attached hydrogens (tertiary/aromatic N) is 1. The molecular weight excluding hydrogens is 374 g/mol. The Morgan fingerprint density at radius 1 is 1.31 bits per heavy atom. The van der Waals surface area contributed by atoms with Gasteiger partial charge in [0.1, 0.15) is 5.00 Å². The standard InChI is InChI=1S/C17H19N3O4S2/c1-10(2)8-11-9-26-15(14(11)16(21)24-3)19-17(25)18-12-4-6-13(7-5-12)20(22)23/h4-7,9-10H,8H2,1-3H3,(H2,18,19,25). The van der Waals surface area contributed by atoms with Crippen LogP contribution in [0.15, 0.2) is 29.6 Å². The van der Waals surface area contributed by atoms with E-state index in [1.165, 1.54) is 30.6 Å². The van der Waals surface area contributed by atoms with Gasteiger partial charge < -0.3 is 15.4 Å². The van der Waals surface area contributed by atoms with E-state index in [1.54, 1.807) is 12.1 Å². The quantitative estimate of drug-likeness (QED) is 0.324. The van der Waals surface area contributed by atoms with Crippen molar-refractivity contribution in [1.29, 1.82) is 0 Å². The zero-order valence-corrected chi connectivity index (χ0v) is 16.2. The summed E-state index contributed by atoms with van der Waals surface area (Å²) in [5.74, 6) is -0.0198. The molecule has 1 heterocycles. The maximum Gasteiger partial charge on any atom is 0.341 e. The van der Waals surface area contributed by atoms with E-state index in [1.807, 2.05) is 5.38 Å². The summed E-state index contributed by atoms with van der Waals surface area (Å²) in [6.07, 6.45) is 0.755. The summed E-state index contributed by atoms with van der Waals surface area (Å²) in [4.78, 5) is 22.4. The second-order valence-electron chi connectivity index (χ2n) is 5.94. The van der Waals surface area contributed by atoms with E-state index in [4.69, 9.17) is 17.0 Å². The van der Waals surface area contributed by atoms with Gasteiger partial charge in [-0.15, -0.1) is 11.3 Å². The first-order chi connectivity index (χ1) is 12.3. The molecule has 0 radical (unpaired) electrons. The molecule has 1 aromatic heterocycles. The number of anilines is 2. The van der Waals surface area contributed by atoms with Gasteiger partial charge in [0.05, 0.1) is 17.6 Å². The van der Waals surface area contributed by atoms with Gasteiger partial charge >= 0.3 is 5.97 Å². The Balaban J connectivity index is 2.14. The fraction of sp³-hybridized carbons (Fsp3) is 0.294. The first kappa shape index (κ1) is 19.8. The summed E-state index contributed by atoms with van der Waals surface area (Å²) in [6, 6.07) is 5.89. The Labute approximate surface area is 160 Å². The van der Waals surface area contributed by atoms with E-state index in [0.29, 0.717) is 22.2 Å². The summed E-state index contributed by atoms with van der Waals surface area (Å²) >= 11 is 6.66. The van der Waals surface area contributed by atoms with Gasteiger partial charge in [0.2, 0.25) is 0 Å². The number of nitro benzene ring substituents is 1. The number of rotatable bonds is 6.